The minimum Gasteiger partial charge on any atom is -0.399 e. The highest BCUT2D eigenvalue weighted by Crippen LogP contribution is 2.29. The zero-order valence-corrected chi connectivity index (χ0v) is 8.33. The van der Waals surface area contributed by atoms with E-state index >= 15 is 0 Å². The van der Waals surface area contributed by atoms with Crippen molar-refractivity contribution in [2.24, 2.45) is 0 Å². The first-order valence-electron chi connectivity index (χ1n) is 4.64. The molecule has 5 heteroatoms. The minimum absolute atomic E-state index is 0.0290. The average molecular weight is 215 g/mol. The van der Waals surface area contributed by atoms with Crippen LogP contribution in [0.4, 0.5) is 11.4 Å². The van der Waals surface area contributed by atoms with Crippen molar-refractivity contribution in [3.05, 3.63) is 52.7 Å². The molecule has 0 aliphatic carbocycles. The number of benzene rings is 1. The van der Waals surface area contributed by atoms with Gasteiger partial charge in [0.2, 0.25) is 0 Å². The fourth-order valence-corrected chi connectivity index (χ4v) is 1.44. The van der Waals surface area contributed by atoms with Crippen LogP contribution in [0.1, 0.15) is 0 Å². The maximum absolute atomic E-state index is 10.9. The van der Waals surface area contributed by atoms with Crippen LogP contribution in [0.15, 0.2) is 42.6 Å². The standard InChI is InChI=1S/C11H9N3O2/c12-8-4-5-9(11(7-8)14(15)16)10-3-1-2-6-13-10/h1-7H,12H2. The lowest BCUT2D eigenvalue weighted by Gasteiger charge is -2.02. The number of rotatable bonds is 2. The van der Waals surface area contributed by atoms with Crippen molar-refractivity contribution in [2.75, 3.05) is 5.73 Å². The maximum Gasteiger partial charge on any atom is 0.280 e. The summed E-state index contributed by atoms with van der Waals surface area (Å²) >= 11 is 0. The highest BCUT2D eigenvalue weighted by molar-refractivity contribution is 5.73. The second-order valence-electron chi connectivity index (χ2n) is 3.25. The van der Waals surface area contributed by atoms with Gasteiger partial charge in [-0.2, -0.15) is 0 Å². The third-order valence-electron chi connectivity index (χ3n) is 2.16. The van der Waals surface area contributed by atoms with Crippen LogP contribution in [0.2, 0.25) is 0 Å². The zero-order valence-electron chi connectivity index (χ0n) is 8.33. The predicted octanol–water partition coefficient (Wildman–Crippen LogP) is 2.24. The molecule has 0 unspecified atom stereocenters. The predicted molar refractivity (Wildman–Crippen MR) is 60.7 cm³/mol. The summed E-state index contributed by atoms with van der Waals surface area (Å²) in [6.07, 6.45) is 1.59. The van der Waals surface area contributed by atoms with E-state index in [1.165, 1.54) is 6.07 Å². The Morgan fingerprint density at radius 3 is 2.69 bits per heavy atom. The smallest absolute Gasteiger partial charge is 0.280 e. The minimum atomic E-state index is -0.458. The third-order valence-corrected chi connectivity index (χ3v) is 2.16. The van der Waals surface area contributed by atoms with Gasteiger partial charge >= 0.3 is 0 Å². The molecule has 80 valence electrons. The summed E-state index contributed by atoms with van der Waals surface area (Å²) in [4.78, 5) is 14.5. The van der Waals surface area contributed by atoms with Crippen molar-refractivity contribution >= 4 is 11.4 Å². The summed E-state index contributed by atoms with van der Waals surface area (Å²) in [5.41, 5.74) is 6.89. The number of hydrogen-bond donors (Lipinski definition) is 1. The molecular weight excluding hydrogens is 206 g/mol. The number of pyridine rings is 1. The molecule has 0 aliphatic heterocycles. The van der Waals surface area contributed by atoms with E-state index in [1.54, 1.807) is 36.5 Å². The van der Waals surface area contributed by atoms with Gasteiger partial charge in [0.15, 0.2) is 0 Å². The monoisotopic (exact) mass is 215 g/mol. The van der Waals surface area contributed by atoms with Crippen LogP contribution in [-0.2, 0) is 0 Å². The molecule has 2 aromatic rings. The van der Waals surface area contributed by atoms with Gasteiger partial charge in [0.25, 0.3) is 5.69 Å². The van der Waals surface area contributed by atoms with Crippen LogP contribution in [0.25, 0.3) is 11.3 Å². The van der Waals surface area contributed by atoms with Gasteiger partial charge in [0.05, 0.1) is 16.2 Å². The SMILES string of the molecule is Nc1ccc(-c2ccccn2)c([N+](=O)[O-])c1. The normalized spacial score (nSPS) is 10.0. The number of hydrogen-bond acceptors (Lipinski definition) is 4. The van der Waals surface area contributed by atoms with E-state index in [4.69, 9.17) is 5.73 Å². The van der Waals surface area contributed by atoms with Gasteiger partial charge in [-0.15, -0.1) is 0 Å². The first-order chi connectivity index (χ1) is 7.68. The molecule has 0 amide bonds. The highest BCUT2D eigenvalue weighted by Gasteiger charge is 2.15. The lowest BCUT2D eigenvalue weighted by Crippen LogP contribution is -1.95. The van der Waals surface area contributed by atoms with Crippen LogP contribution >= 0.6 is 0 Å². The molecule has 0 atom stereocenters. The molecule has 0 bridgehead atoms. The summed E-state index contributed by atoms with van der Waals surface area (Å²) in [7, 11) is 0. The van der Waals surface area contributed by atoms with E-state index in [2.05, 4.69) is 4.98 Å². The molecule has 0 fully saturated rings. The van der Waals surface area contributed by atoms with Crippen LogP contribution in [0.5, 0.6) is 0 Å². The molecule has 1 heterocycles. The molecule has 1 aromatic carbocycles. The molecule has 0 radical (unpaired) electrons. The second-order valence-corrected chi connectivity index (χ2v) is 3.25. The van der Waals surface area contributed by atoms with E-state index < -0.39 is 4.92 Å². The average Bonchev–Trinajstić information content (AvgIpc) is 2.30. The fraction of sp³-hybridized carbons (Fsp3) is 0. The molecule has 0 spiro atoms. The Morgan fingerprint density at radius 2 is 2.06 bits per heavy atom. The molecule has 0 saturated carbocycles. The maximum atomic E-state index is 10.9. The molecule has 2 rings (SSSR count). The first kappa shape index (κ1) is 10.1. The number of nitrogens with zero attached hydrogens (tertiary/aromatic N) is 2. The van der Waals surface area contributed by atoms with Crippen molar-refractivity contribution in [3.8, 4) is 11.3 Å². The Balaban J connectivity index is 2.61. The summed E-state index contributed by atoms with van der Waals surface area (Å²) < 4.78 is 0. The topological polar surface area (TPSA) is 82.0 Å². The molecule has 1 aromatic heterocycles. The molecule has 0 saturated heterocycles. The Hall–Kier alpha value is -2.43. The van der Waals surface area contributed by atoms with Gasteiger partial charge in [-0.05, 0) is 24.3 Å². The first-order valence-corrected chi connectivity index (χ1v) is 4.64. The van der Waals surface area contributed by atoms with Crippen LogP contribution in [0, 0.1) is 10.1 Å². The van der Waals surface area contributed by atoms with Gasteiger partial charge in [-0.3, -0.25) is 15.1 Å². The van der Waals surface area contributed by atoms with Crippen LogP contribution in [0.3, 0.4) is 0 Å². The summed E-state index contributed by atoms with van der Waals surface area (Å²) in [6.45, 7) is 0. The second kappa shape index (κ2) is 3.98. The molecular formula is C11H9N3O2. The number of aromatic nitrogens is 1. The van der Waals surface area contributed by atoms with E-state index in [9.17, 15) is 10.1 Å². The number of anilines is 1. The number of nitro groups is 1. The molecule has 5 nitrogen and oxygen atoms in total. The summed E-state index contributed by atoms with van der Waals surface area (Å²) in [5.74, 6) is 0. The summed E-state index contributed by atoms with van der Waals surface area (Å²) in [6, 6.07) is 9.82. The van der Waals surface area contributed by atoms with Crippen molar-refractivity contribution < 1.29 is 4.92 Å². The Morgan fingerprint density at radius 1 is 1.25 bits per heavy atom. The summed E-state index contributed by atoms with van der Waals surface area (Å²) in [5, 5.41) is 10.9. The third kappa shape index (κ3) is 1.83. The van der Waals surface area contributed by atoms with Gasteiger partial charge in [-0.1, -0.05) is 6.07 Å². The van der Waals surface area contributed by atoms with Gasteiger partial charge < -0.3 is 5.73 Å². The number of nitrogen functional groups attached to an aromatic ring is 1. The van der Waals surface area contributed by atoms with Crippen molar-refractivity contribution in [1.29, 1.82) is 0 Å². The van der Waals surface area contributed by atoms with Crippen molar-refractivity contribution in [1.82, 2.24) is 4.98 Å². The lowest BCUT2D eigenvalue weighted by molar-refractivity contribution is -0.384. The number of nitro benzene ring substituents is 1. The van der Waals surface area contributed by atoms with Gasteiger partial charge in [0, 0.05) is 18.0 Å². The quantitative estimate of drug-likeness (QED) is 0.473. The Kier molecular flexibility index (Phi) is 2.51. The zero-order chi connectivity index (χ0) is 11.5. The Labute approximate surface area is 91.7 Å². The largest absolute Gasteiger partial charge is 0.399 e. The Bertz CT molecular complexity index is 526. The van der Waals surface area contributed by atoms with Crippen molar-refractivity contribution in [3.63, 3.8) is 0 Å². The van der Waals surface area contributed by atoms with E-state index in [-0.39, 0.29) is 5.69 Å². The number of nitrogens with two attached hydrogens (primary N) is 1. The fourth-order valence-electron chi connectivity index (χ4n) is 1.44. The van der Waals surface area contributed by atoms with Crippen molar-refractivity contribution in [2.45, 2.75) is 0 Å². The van der Waals surface area contributed by atoms with Crippen LogP contribution < -0.4 is 5.73 Å². The van der Waals surface area contributed by atoms with Gasteiger partial charge in [-0.25, -0.2) is 0 Å². The molecule has 16 heavy (non-hydrogen) atoms. The molecule has 2 N–H and O–H groups in total. The van der Waals surface area contributed by atoms with Crippen LogP contribution in [-0.4, -0.2) is 9.91 Å². The van der Waals surface area contributed by atoms with E-state index in [1.807, 2.05) is 0 Å². The van der Waals surface area contributed by atoms with E-state index in [0.717, 1.165) is 0 Å². The van der Waals surface area contributed by atoms with Gasteiger partial charge in [0.1, 0.15) is 0 Å². The van der Waals surface area contributed by atoms with E-state index in [0.29, 0.717) is 16.9 Å². The lowest BCUT2D eigenvalue weighted by atomic mass is 10.1. The highest BCUT2D eigenvalue weighted by atomic mass is 16.6. The molecule has 0 aliphatic rings.